The number of benzene rings is 1. The van der Waals surface area contributed by atoms with Crippen molar-refractivity contribution in [3.63, 3.8) is 0 Å². The summed E-state index contributed by atoms with van der Waals surface area (Å²) in [6.45, 7) is 5.26. The van der Waals surface area contributed by atoms with Crippen molar-refractivity contribution < 1.29 is 14.3 Å². The highest BCUT2D eigenvalue weighted by molar-refractivity contribution is 6.30. The van der Waals surface area contributed by atoms with Crippen LogP contribution in [0.4, 0.5) is 4.79 Å². The van der Waals surface area contributed by atoms with Crippen molar-refractivity contribution in [1.29, 1.82) is 0 Å². The molecule has 0 aliphatic carbocycles. The lowest BCUT2D eigenvalue weighted by molar-refractivity contribution is -0.127. The maximum atomic E-state index is 12.6. The zero-order valence-electron chi connectivity index (χ0n) is 17.3. The molecule has 0 radical (unpaired) electrons. The van der Waals surface area contributed by atoms with E-state index < -0.39 is 18.2 Å². The van der Waals surface area contributed by atoms with Gasteiger partial charge in [0.15, 0.2) is 18.2 Å². The van der Waals surface area contributed by atoms with Crippen LogP contribution in [0.15, 0.2) is 29.3 Å². The number of fused-ring (bicyclic) bond motifs is 1. The number of nitrogens with zero attached hydrogens (tertiary/aromatic N) is 5. The number of urea groups is 1. The Balaban J connectivity index is 1.44. The van der Waals surface area contributed by atoms with E-state index in [9.17, 15) is 9.59 Å². The van der Waals surface area contributed by atoms with Crippen molar-refractivity contribution in [3.05, 3.63) is 34.9 Å². The molecule has 2 fully saturated rings. The smallest absolute Gasteiger partial charge is 0.325 e. The van der Waals surface area contributed by atoms with Crippen LogP contribution in [0.2, 0.25) is 5.02 Å². The van der Waals surface area contributed by atoms with E-state index >= 15 is 0 Å². The van der Waals surface area contributed by atoms with Crippen LogP contribution in [0.5, 0.6) is 0 Å². The van der Waals surface area contributed by atoms with Gasteiger partial charge in [0, 0.05) is 58.4 Å². The summed E-state index contributed by atoms with van der Waals surface area (Å²) in [5.41, 5.74) is 1.23. The Morgan fingerprint density at radius 2 is 1.87 bits per heavy atom. The number of imide groups is 1. The van der Waals surface area contributed by atoms with Crippen molar-refractivity contribution in [1.82, 2.24) is 24.9 Å². The number of aliphatic imine (C=N–C) groups is 1. The van der Waals surface area contributed by atoms with Crippen LogP contribution in [0.3, 0.4) is 0 Å². The van der Waals surface area contributed by atoms with Gasteiger partial charge in [-0.15, -0.1) is 0 Å². The summed E-state index contributed by atoms with van der Waals surface area (Å²) < 4.78 is 5.25. The summed E-state index contributed by atoms with van der Waals surface area (Å²) in [7, 11) is 3.31. The van der Waals surface area contributed by atoms with E-state index in [1.807, 2.05) is 17.0 Å². The molecule has 4 rings (SSSR count). The Morgan fingerprint density at radius 1 is 1.17 bits per heavy atom. The highest BCUT2D eigenvalue weighted by Crippen LogP contribution is 2.26. The third-order valence-corrected chi connectivity index (χ3v) is 6.10. The molecule has 0 aromatic heterocycles. The number of carbonyl (C=O) groups is 2. The number of hydrogen-bond acceptors (Lipinski definition) is 7. The summed E-state index contributed by atoms with van der Waals surface area (Å²) in [5.74, 6) is 0.462. The number of piperazine rings is 1. The van der Waals surface area contributed by atoms with Crippen LogP contribution < -0.4 is 5.32 Å². The van der Waals surface area contributed by atoms with Gasteiger partial charge in [0.1, 0.15) is 0 Å². The SMILES string of the molecule is COCCN1C(N2CCN(Cc3ccc(Cl)cc3)CC2)=NC2C1C(=O)NC(=O)N2C. The number of likely N-dealkylation sites (N-methyl/N-ethyl adjacent to an activating group) is 1. The molecule has 3 heterocycles. The first-order valence-electron chi connectivity index (χ1n) is 10.1. The number of hydrogen-bond donors (Lipinski definition) is 1. The Labute approximate surface area is 181 Å². The number of halogens is 1. The molecule has 0 spiro atoms. The van der Waals surface area contributed by atoms with E-state index in [1.54, 1.807) is 14.2 Å². The molecule has 3 amide bonds. The van der Waals surface area contributed by atoms with Crippen molar-refractivity contribution in [2.45, 2.75) is 18.8 Å². The highest BCUT2D eigenvalue weighted by atomic mass is 35.5. The number of ether oxygens (including phenoxy) is 1. The van der Waals surface area contributed by atoms with Gasteiger partial charge in [-0.25, -0.2) is 9.79 Å². The lowest BCUT2D eigenvalue weighted by atomic mass is 10.1. The number of amides is 3. The van der Waals surface area contributed by atoms with Crippen molar-refractivity contribution >= 4 is 29.5 Å². The molecule has 0 saturated carbocycles. The summed E-state index contributed by atoms with van der Waals surface area (Å²) >= 11 is 5.98. The Morgan fingerprint density at radius 3 is 2.53 bits per heavy atom. The Bertz CT molecular complexity index is 824. The van der Waals surface area contributed by atoms with Gasteiger partial charge in [-0.2, -0.15) is 0 Å². The van der Waals surface area contributed by atoms with Gasteiger partial charge in [0.25, 0.3) is 5.91 Å². The van der Waals surface area contributed by atoms with Gasteiger partial charge in [-0.05, 0) is 17.7 Å². The van der Waals surface area contributed by atoms with Gasteiger partial charge in [-0.3, -0.25) is 15.0 Å². The maximum absolute atomic E-state index is 12.6. The second-order valence-electron chi connectivity index (χ2n) is 7.77. The zero-order chi connectivity index (χ0) is 21.3. The van der Waals surface area contributed by atoms with E-state index in [-0.39, 0.29) is 5.91 Å². The first kappa shape index (κ1) is 20.9. The quantitative estimate of drug-likeness (QED) is 0.733. The molecule has 9 nitrogen and oxygen atoms in total. The molecule has 2 saturated heterocycles. The molecular formula is C20H27ClN6O3. The molecule has 0 bridgehead atoms. The van der Waals surface area contributed by atoms with Crippen LogP contribution >= 0.6 is 11.6 Å². The van der Waals surface area contributed by atoms with Gasteiger partial charge in [0.2, 0.25) is 0 Å². The Kier molecular flexibility index (Phi) is 6.12. The van der Waals surface area contributed by atoms with Crippen LogP contribution in [0.25, 0.3) is 0 Å². The molecule has 3 aliphatic rings. The fourth-order valence-electron chi connectivity index (χ4n) is 4.16. The molecule has 1 N–H and O–H groups in total. The van der Waals surface area contributed by atoms with Gasteiger partial charge >= 0.3 is 6.03 Å². The standard InChI is InChI=1S/C20H27ClN6O3/c1-24-17-16(18(28)23-20(24)29)27(11-12-30-2)19(22-17)26-9-7-25(8-10-26)13-14-3-5-15(21)6-4-14/h3-6,16-17H,7-13H2,1-2H3,(H,23,28,29). The summed E-state index contributed by atoms with van der Waals surface area (Å²) in [6, 6.07) is 7.00. The molecule has 1 aromatic carbocycles. The predicted molar refractivity (Wildman–Crippen MR) is 113 cm³/mol. The number of nitrogens with one attached hydrogen (secondary N) is 1. The lowest BCUT2D eigenvalue weighted by Crippen LogP contribution is -2.65. The molecule has 2 unspecified atom stereocenters. The van der Waals surface area contributed by atoms with Crippen molar-refractivity contribution in [2.24, 2.45) is 4.99 Å². The van der Waals surface area contributed by atoms with Crippen LogP contribution in [0, 0.1) is 0 Å². The van der Waals surface area contributed by atoms with Gasteiger partial charge in [-0.1, -0.05) is 23.7 Å². The number of rotatable bonds is 5. The number of guanidine groups is 1. The monoisotopic (exact) mass is 434 g/mol. The van der Waals surface area contributed by atoms with Crippen molar-refractivity contribution in [2.75, 3.05) is 53.5 Å². The molecule has 2 atom stereocenters. The molecule has 162 valence electrons. The molecular weight excluding hydrogens is 408 g/mol. The zero-order valence-corrected chi connectivity index (χ0v) is 18.0. The summed E-state index contributed by atoms with van der Waals surface area (Å²) in [6.07, 6.45) is -0.509. The minimum atomic E-state index is -0.523. The topological polar surface area (TPSA) is 80.7 Å². The fourth-order valence-corrected chi connectivity index (χ4v) is 4.28. The number of carbonyl (C=O) groups excluding carboxylic acids is 2. The summed E-state index contributed by atoms with van der Waals surface area (Å²) in [4.78, 5) is 37.5. The molecule has 3 aliphatic heterocycles. The minimum absolute atomic E-state index is 0.306. The number of methoxy groups -OCH3 is 1. The lowest BCUT2D eigenvalue weighted by Gasteiger charge is -2.40. The summed E-state index contributed by atoms with van der Waals surface area (Å²) in [5, 5.41) is 3.17. The van der Waals surface area contributed by atoms with Crippen molar-refractivity contribution in [3.8, 4) is 0 Å². The Hall–Kier alpha value is -2.36. The van der Waals surface area contributed by atoms with Crippen LogP contribution in [-0.2, 0) is 16.1 Å². The normalized spacial score (nSPS) is 24.8. The van der Waals surface area contributed by atoms with E-state index in [0.717, 1.165) is 43.7 Å². The average Bonchev–Trinajstić information content (AvgIpc) is 3.13. The molecule has 30 heavy (non-hydrogen) atoms. The predicted octanol–water partition coefficient (Wildman–Crippen LogP) is 0.652. The van der Waals surface area contributed by atoms with E-state index in [2.05, 4.69) is 27.2 Å². The van der Waals surface area contributed by atoms with Crippen LogP contribution in [-0.4, -0.2) is 103 Å². The van der Waals surface area contributed by atoms with E-state index in [4.69, 9.17) is 21.3 Å². The second kappa shape index (κ2) is 8.79. The minimum Gasteiger partial charge on any atom is -0.383 e. The van der Waals surface area contributed by atoms with Gasteiger partial charge < -0.3 is 19.4 Å². The largest absolute Gasteiger partial charge is 0.383 e. The third kappa shape index (κ3) is 4.10. The van der Waals surface area contributed by atoms with Gasteiger partial charge in [0.05, 0.1) is 6.61 Å². The maximum Gasteiger partial charge on any atom is 0.325 e. The van der Waals surface area contributed by atoms with Crippen LogP contribution in [0.1, 0.15) is 5.56 Å². The first-order chi connectivity index (χ1) is 14.5. The first-order valence-corrected chi connectivity index (χ1v) is 10.5. The third-order valence-electron chi connectivity index (χ3n) is 5.85. The second-order valence-corrected chi connectivity index (χ2v) is 8.21. The average molecular weight is 435 g/mol. The van der Waals surface area contributed by atoms with E-state index in [1.165, 1.54) is 10.5 Å². The fraction of sp³-hybridized carbons (Fsp3) is 0.550. The van der Waals surface area contributed by atoms with E-state index in [0.29, 0.717) is 13.2 Å². The molecule has 1 aromatic rings. The highest BCUT2D eigenvalue weighted by Gasteiger charge is 2.49. The molecule has 10 heteroatoms.